The maximum Gasteiger partial charge on any atom is 0.303 e. The molecular weight excluding hydrogens is 419 g/mol. The number of carboxylic acid groups (broad SMARTS) is 1. The molecule has 2 aliphatic heterocycles. The van der Waals surface area contributed by atoms with Crippen molar-refractivity contribution in [2.24, 2.45) is 10.1 Å². The van der Waals surface area contributed by atoms with Crippen LogP contribution in [-0.4, -0.2) is 34.2 Å². The van der Waals surface area contributed by atoms with Gasteiger partial charge in [-0.25, -0.2) is 0 Å². The Morgan fingerprint density at radius 1 is 1.21 bits per heavy atom. The van der Waals surface area contributed by atoms with Crippen molar-refractivity contribution in [2.75, 3.05) is 4.90 Å². The molecule has 0 amide bonds. The molecule has 0 bridgehead atoms. The number of thiol groups is 1. The van der Waals surface area contributed by atoms with E-state index in [4.69, 9.17) is 28.2 Å². The van der Waals surface area contributed by atoms with E-state index >= 15 is 0 Å². The summed E-state index contributed by atoms with van der Waals surface area (Å²) in [4.78, 5) is 18.0. The minimum atomic E-state index is -0.889. The number of carboxylic acids is 1. The number of fused-ring (bicyclic) bond motifs is 3. The largest absolute Gasteiger partial charge is 0.481 e. The fraction of sp³-hybridized carbons (Fsp3) is 0.211. The van der Waals surface area contributed by atoms with Crippen molar-refractivity contribution >= 4 is 59.0 Å². The van der Waals surface area contributed by atoms with Crippen molar-refractivity contribution in [2.45, 2.75) is 24.4 Å². The molecule has 0 radical (unpaired) electrons. The van der Waals surface area contributed by atoms with Gasteiger partial charge in [0.05, 0.1) is 11.4 Å². The molecular formula is C19H16Cl2N4O2S. The molecule has 2 heterocycles. The highest BCUT2D eigenvalue weighted by molar-refractivity contribution is 7.81. The van der Waals surface area contributed by atoms with Gasteiger partial charge in [-0.3, -0.25) is 20.1 Å². The van der Waals surface area contributed by atoms with E-state index in [0.29, 0.717) is 28.0 Å². The van der Waals surface area contributed by atoms with Crippen LogP contribution in [0.1, 0.15) is 24.0 Å². The molecule has 4 rings (SSSR count). The molecule has 0 aromatic heterocycles. The SMILES string of the molecule is O=C(O)CC[C@@H]1N=C(c2ccccc2Cl)c2cc(Cl)ccc2N2C1=NN[C@H]2S. The number of hydrazone groups is 1. The summed E-state index contributed by atoms with van der Waals surface area (Å²) in [7, 11) is 0. The molecule has 0 unspecified atom stereocenters. The van der Waals surface area contributed by atoms with Crippen molar-refractivity contribution < 1.29 is 9.90 Å². The third-order valence-electron chi connectivity index (χ3n) is 4.60. The molecule has 0 fully saturated rings. The van der Waals surface area contributed by atoms with Gasteiger partial charge in [0.2, 0.25) is 0 Å². The number of halogens is 2. The molecule has 2 N–H and O–H groups in total. The van der Waals surface area contributed by atoms with Crippen LogP contribution in [-0.2, 0) is 4.79 Å². The highest BCUT2D eigenvalue weighted by Crippen LogP contribution is 2.36. The van der Waals surface area contributed by atoms with Crippen molar-refractivity contribution in [1.29, 1.82) is 0 Å². The molecule has 28 heavy (non-hydrogen) atoms. The Balaban J connectivity index is 1.94. The van der Waals surface area contributed by atoms with Crippen LogP contribution < -0.4 is 10.3 Å². The molecule has 0 saturated carbocycles. The molecule has 0 aliphatic carbocycles. The average Bonchev–Trinajstić information content (AvgIpc) is 2.97. The zero-order valence-electron chi connectivity index (χ0n) is 14.5. The van der Waals surface area contributed by atoms with Gasteiger partial charge < -0.3 is 5.11 Å². The van der Waals surface area contributed by atoms with E-state index < -0.39 is 17.5 Å². The summed E-state index contributed by atoms with van der Waals surface area (Å²) < 4.78 is 0. The fourth-order valence-corrected chi connectivity index (χ4v) is 4.06. The highest BCUT2D eigenvalue weighted by Gasteiger charge is 2.37. The summed E-state index contributed by atoms with van der Waals surface area (Å²) in [5.41, 5.74) is 5.54. The lowest BCUT2D eigenvalue weighted by molar-refractivity contribution is -0.137. The Hall–Kier alpha value is -2.22. The van der Waals surface area contributed by atoms with Crippen molar-refractivity contribution in [1.82, 2.24) is 5.43 Å². The zero-order valence-corrected chi connectivity index (χ0v) is 16.9. The highest BCUT2D eigenvalue weighted by atomic mass is 35.5. The summed E-state index contributed by atoms with van der Waals surface area (Å²) >= 11 is 17.3. The number of nitrogens with zero attached hydrogens (tertiary/aromatic N) is 3. The lowest BCUT2D eigenvalue weighted by Gasteiger charge is -2.26. The second-order valence-electron chi connectivity index (χ2n) is 6.41. The lowest BCUT2D eigenvalue weighted by atomic mass is 10.00. The molecule has 2 atom stereocenters. The fourth-order valence-electron chi connectivity index (χ4n) is 3.36. The van der Waals surface area contributed by atoms with Crippen LogP contribution >= 0.6 is 35.8 Å². The minimum Gasteiger partial charge on any atom is -0.481 e. The average molecular weight is 435 g/mol. The van der Waals surface area contributed by atoms with Crippen LogP contribution in [0.5, 0.6) is 0 Å². The zero-order chi connectivity index (χ0) is 19.8. The van der Waals surface area contributed by atoms with Gasteiger partial charge in [-0.05, 0) is 30.7 Å². The summed E-state index contributed by atoms with van der Waals surface area (Å²) in [6.07, 6.45) is 0.258. The van der Waals surface area contributed by atoms with Crippen molar-refractivity contribution in [3.63, 3.8) is 0 Å². The van der Waals surface area contributed by atoms with E-state index in [1.807, 2.05) is 35.2 Å². The Labute approximate surface area is 177 Å². The number of nitrogens with one attached hydrogen (secondary N) is 1. The number of aliphatic carboxylic acids is 1. The molecule has 0 saturated heterocycles. The van der Waals surface area contributed by atoms with E-state index in [1.165, 1.54) is 0 Å². The Morgan fingerprint density at radius 2 is 2.00 bits per heavy atom. The van der Waals surface area contributed by atoms with Crippen LogP contribution in [0.25, 0.3) is 0 Å². The van der Waals surface area contributed by atoms with E-state index in [-0.39, 0.29) is 6.42 Å². The van der Waals surface area contributed by atoms with Crippen LogP contribution in [0.4, 0.5) is 5.69 Å². The number of amidine groups is 1. The van der Waals surface area contributed by atoms with Gasteiger partial charge in [0.25, 0.3) is 0 Å². The monoisotopic (exact) mass is 434 g/mol. The van der Waals surface area contributed by atoms with E-state index in [0.717, 1.165) is 16.8 Å². The van der Waals surface area contributed by atoms with Gasteiger partial charge in [-0.2, -0.15) is 5.10 Å². The Kier molecular flexibility index (Phi) is 5.23. The predicted molar refractivity (Wildman–Crippen MR) is 115 cm³/mol. The number of anilines is 1. The van der Waals surface area contributed by atoms with Gasteiger partial charge in [-0.15, -0.1) is 12.6 Å². The molecule has 6 nitrogen and oxygen atoms in total. The summed E-state index contributed by atoms with van der Waals surface area (Å²) in [5, 5.41) is 14.7. The Bertz CT molecular complexity index is 1010. The second-order valence-corrected chi connectivity index (χ2v) is 7.74. The molecule has 2 aliphatic rings. The second kappa shape index (κ2) is 7.66. The summed E-state index contributed by atoms with van der Waals surface area (Å²) in [6, 6.07) is 12.4. The van der Waals surface area contributed by atoms with Crippen LogP contribution in [0.3, 0.4) is 0 Å². The van der Waals surface area contributed by atoms with Gasteiger partial charge in [0.15, 0.2) is 11.3 Å². The molecule has 144 valence electrons. The van der Waals surface area contributed by atoms with Crippen LogP contribution in [0.15, 0.2) is 52.6 Å². The number of aliphatic imine (C=N–C) groups is 1. The summed E-state index contributed by atoms with van der Waals surface area (Å²) in [6.45, 7) is 0. The number of hydrogen-bond acceptors (Lipinski definition) is 6. The van der Waals surface area contributed by atoms with E-state index in [1.54, 1.807) is 12.1 Å². The Morgan fingerprint density at radius 3 is 2.75 bits per heavy atom. The third-order valence-corrected chi connectivity index (χ3v) is 5.51. The molecule has 2 aromatic carbocycles. The molecule has 0 spiro atoms. The van der Waals surface area contributed by atoms with Crippen LogP contribution in [0.2, 0.25) is 10.0 Å². The lowest BCUT2D eigenvalue weighted by Crippen LogP contribution is -2.40. The topological polar surface area (TPSA) is 77.3 Å². The van der Waals surface area contributed by atoms with Gasteiger partial charge in [0, 0.05) is 27.6 Å². The van der Waals surface area contributed by atoms with E-state index in [9.17, 15) is 9.90 Å². The minimum absolute atomic E-state index is 0.0365. The molecule has 2 aromatic rings. The first kappa shape index (κ1) is 19.1. The summed E-state index contributed by atoms with van der Waals surface area (Å²) in [5.74, 6) is -0.272. The van der Waals surface area contributed by atoms with Crippen molar-refractivity contribution in [3.05, 3.63) is 63.6 Å². The standard InChI is InChI=1S/C19H16Cl2N4O2S/c20-10-5-7-15-12(9-10)17(11-3-1-2-4-13(11)21)22-14(6-8-16(26)27)18-23-24-19(28)25(15)18/h1-5,7,9,14,19,24,28H,6,8H2,(H,26,27)/t14-,19+/m0/s1. The van der Waals surface area contributed by atoms with Gasteiger partial charge in [-0.1, -0.05) is 41.4 Å². The van der Waals surface area contributed by atoms with E-state index in [2.05, 4.69) is 23.2 Å². The smallest absolute Gasteiger partial charge is 0.303 e. The quantitative estimate of drug-likeness (QED) is 0.635. The maximum absolute atomic E-state index is 11.2. The van der Waals surface area contributed by atoms with Crippen molar-refractivity contribution in [3.8, 4) is 0 Å². The number of hydrogen-bond donors (Lipinski definition) is 3. The maximum atomic E-state index is 11.2. The van der Waals surface area contributed by atoms with Gasteiger partial charge in [0.1, 0.15) is 6.04 Å². The number of rotatable bonds is 4. The number of benzene rings is 2. The normalized spacial score (nSPS) is 20.5. The predicted octanol–water partition coefficient (Wildman–Crippen LogP) is 4.01. The molecule has 9 heteroatoms. The third kappa shape index (κ3) is 3.45. The number of carbonyl (C=O) groups is 1. The first-order valence-corrected chi connectivity index (χ1v) is 9.88. The first-order valence-electron chi connectivity index (χ1n) is 8.60. The first-order chi connectivity index (χ1) is 13.5. The van der Waals surface area contributed by atoms with Gasteiger partial charge >= 0.3 is 5.97 Å². The van der Waals surface area contributed by atoms with Crippen LogP contribution in [0, 0.1) is 0 Å².